The predicted octanol–water partition coefficient (Wildman–Crippen LogP) is 3.18. The van der Waals surface area contributed by atoms with Gasteiger partial charge in [-0.25, -0.2) is 4.39 Å². The number of halogens is 1. The van der Waals surface area contributed by atoms with E-state index in [-0.39, 0.29) is 12.4 Å². The van der Waals surface area contributed by atoms with Gasteiger partial charge in [-0.3, -0.25) is 0 Å². The standard InChI is InChI=1S/C16H18FNO2/c1-11-3-6-15(16(7-11)19-2)20-10-12-4-5-14(17)8-13(12)9-18/h3-8H,9-10,18H2,1-2H3. The zero-order valence-electron chi connectivity index (χ0n) is 11.7. The lowest BCUT2D eigenvalue weighted by Crippen LogP contribution is -2.06. The summed E-state index contributed by atoms with van der Waals surface area (Å²) in [5.41, 5.74) is 8.33. The number of ether oxygens (including phenoxy) is 2. The average Bonchev–Trinajstić information content (AvgIpc) is 2.46. The third kappa shape index (κ3) is 3.27. The van der Waals surface area contributed by atoms with Gasteiger partial charge in [0.15, 0.2) is 11.5 Å². The number of hydrogen-bond acceptors (Lipinski definition) is 3. The van der Waals surface area contributed by atoms with Gasteiger partial charge in [0.05, 0.1) is 7.11 Å². The first-order valence-electron chi connectivity index (χ1n) is 6.39. The monoisotopic (exact) mass is 275 g/mol. The third-order valence-corrected chi connectivity index (χ3v) is 3.09. The van der Waals surface area contributed by atoms with Gasteiger partial charge >= 0.3 is 0 Å². The van der Waals surface area contributed by atoms with E-state index >= 15 is 0 Å². The maximum atomic E-state index is 13.1. The number of aryl methyl sites for hydroxylation is 1. The summed E-state index contributed by atoms with van der Waals surface area (Å²) in [7, 11) is 1.60. The van der Waals surface area contributed by atoms with Crippen LogP contribution in [0.2, 0.25) is 0 Å². The summed E-state index contributed by atoms with van der Waals surface area (Å²) in [5, 5.41) is 0. The summed E-state index contributed by atoms with van der Waals surface area (Å²) in [5.74, 6) is 1.05. The van der Waals surface area contributed by atoms with Gasteiger partial charge < -0.3 is 15.2 Å². The van der Waals surface area contributed by atoms with Gasteiger partial charge in [-0.15, -0.1) is 0 Å². The Kier molecular flexibility index (Phi) is 4.58. The van der Waals surface area contributed by atoms with E-state index in [1.54, 1.807) is 13.2 Å². The molecule has 0 heterocycles. The highest BCUT2D eigenvalue weighted by atomic mass is 19.1. The van der Waals surface area contributed by atoms with Crippen molar-refractivity contribution in [2.75, 3.05) is 7.11 Å². The topological polar surface area (TPSA) is 44.5 Å². The fourth-order valence-corrected chi connectivity index (χ4v) is 1.97. The SMILES string of the molecule is COc1cc(C)ccc1OCc1ccc(F)cc1CN. The van der Waals surface area contributed by atoms with Crippen molar-refractivity contribution >= 4 is 0 Å². The van der Waals surface area contributed by atoms with Crippen molar-refractivity contribution < 1.29 is 13.9 Å². The van der Waals surface area contributed by atoms with Crippen LogP contribution in [0.4, 0.5) is 4.39 Å². The van der Waals surface area contributed by atoms with E-state index < -0.39 is 0 Å². The van der Waals surface area contributed by atoms with Gasteiger partial charge in [-0.1, -0.05) is 12.1 Å². The number of benzene rings is 2. The summed E-state index contributed by atoms with van der Waals surface area (Å²) in [6.45, 7) is 2.59. The van der Waals surface area contributed by atoms with Crippen LogP contribution in [0.1, 0.15) is 16.7 Å². The van der Waals surface area contributed by atoms with Crippen LogP contribution >= 0.6 is 0 Å². The minimum atomic E-state index is -0.290. The minimum absolute atomic E-state index is 0.279. The molecule has 0 unspecified atom stereocenters. The van der Waals surface area contributed by atoms with Crippen LogP contribution < -0.4 is 15.2 Å². The molecule has 2 N–H and O–H groups in total. The van der Waals surface area contributed by atoms with Crippen molar-refractivity contribution in [3.05, 3.63) is 58.9 Å². The number of nitrogens with two attached hydrogens (primary N) is 1. The molecule has 3 nitrogen and oxygen atoms in total. The molecule has 0 aliphatic carbocycles. The van der Waals surface area contributed by atoms with E-state index in [9.17, 15) is 4.39 Å². The molecule has 20 heavy (non-hydrogen) atoms. The smallest absolute Gasteiger partial charge is 0.161 e. The van der Waals surface area contributed by atoms with Crippen LogP contribution in [0.3, 0.4) is 0 Å². The maximum Gasteiger partial charge on any atom is 0.161 e. The molecule has 0 aliphatic rings. The first-order valence-corrected chi connectivity index (χ1v) is 6.39. The molecule has 0 aliphatic heterocycles. The molecule has 0 spiro atoms. The lowest BCUT2D eigenvalue weighted by molar-refractivity contribution is 0.283. The molecule has 0 bridgehead atoms. The van der Waals surface area contributed by atoms with Crippen LogP contribution in [-0.4, -0.2) is 7.11 Å². The normalized spacial score (nSPS) is 10.4. The Bertz CT molecular complexity index is 546. The zero-order valence-corrected chi connectivity index (χ0v) is 11.7. The molecule has 2 rings (SSSR count). The van der Waals surface area contributed by atoms with E-state index in [2.05, 4.69) is 0 Å². The second-order valence-corrected chi connectivity index (χ2v) is 4.56. The molecule has 2 aromatic rings. The summed E-state index contributed by atoms with van der Waals surface area (Å²) < 4.78 is 24.2. The fourth-order valence-electron chi connectivity index (χ4n) is 1.97. The second kappa shape index (κ2) is 6.39. The molecule has 0 fully saturated rings. The fraction of sp³-hybridized carbons (Fsp3) is 0.250. The van der Waals surface area contributed by atoms with E-state index in [4.69, 9.17) is 15.2 Å². The van der Waals surface area contributed by atoms with Crippen LogP contribution in [0.15, 0.2) is 36.4 Å². The van der Waals surface area contributed by atoms with Crippen molar-refractivity contribution in [3.8, 4) is 11.5 Å². The molecule has 0 aromatic heterocycles. The Morgan fingerprint density at radius 2 is 1.85 bits per heavy atom. The Balaban J connectivity index is 2.16. The van der Waals surface area contributed by atoms with Gasteiger partial charge in [0.1, 0.15) is 12.4 Å². The van der Waals surface area contributed by atoms with Crippen LogP contribution in [0, 0.1) is 12.7 Å². The Morgan fingerprint density at radius 1 is 1.05 bits per heavy atom. The van der Waals surface area contributed by atoms with E-state index in [0.717, 1.165) is 16.7 Å². The van der Waals surface area contributed by atoms with Gasteiger partial charge in [0.2, 0.25) is 0 Å². The van der Waals surface area contributed by atoms with Crippen LogP contribution in [0.25, 0.3) is 0 Å². The highest BCUT2D eigenvalue weighted by Crippen LogP contribution is 2.28. The summed E-state index contributed by atoms with van der Waals surface area (Å²) >= 11 is 0. The van der Waals surface area contributed by atoms with Crippen molar-refractivity contribution in [1.29, 1.82) is 0 Å². The molecule has 0 saturated heterocycles. The van der Waals surface area contributed by atoms with Gasteiger partial charge in [-0.05, 0) is 47.9 Å². The Morgan fingerprint density at radius 3 is 2.55 bits per heavy atom. The summed E-state index contributed by atoms with van der Waals surface area (Å²) in [6.07, 6.45) is 0. The summed E-state index contributed by atoms with van der Waals surface area (Å²) in [4.78, 5) is 0. The number of rotatable bonds is 5. The minimum Gasteiger partial charge on any atom is -0.493 e. The van der Waals surface area contributed by atoms with Gasteiger partial charge in [0.25, 0.3) is 0 Å². The van der Waals surface area contributed by atoms with Crippen molar-refractivity contribution in [2.45, 2.75) is 20.1 Å². The lowest BCUT2D eigenvalue weighted by atomic mass is 10.1. The van der Waals surface area contributed by atoms with Crippen molar-refractivity contribution in [1.82, 2.24) is 0 Å². The molecular formula is C16H18FNO2. The van der Waals surface area contributed by atoms with Crippen molar-refractivity contribution in [2.24, 2.45) is 5.73 Å². The molecule has 0 saturated carbocycles. The number of methoxy groups -OCH3 is 1. The largest absolute Gasteiger partial charge is 0.493 e. The molecule has 0 atom stereocenters. The van der Waals surface area contributed by atoms with Crippen LogP contribution in [-0.2, 0) is 13.2 Å². The maximum absolute atomic E-state index is 13.1. The summed E-state index contributed by atoms with van der Waals surface area (Å²) in [6, 6.07) is 10.3. The van der Waals surface area contributed by atoms with E-state index in [1.165, 1.54) is 12.1 Å². The van der Waals surface area contributed by atoms with Crippen LogP contribution in [0.5, 0.6) is 11.5 Å². The second-order valence-electron chi connectivity index (χ2n) is 4.56. The average molecular weight is 275 g/mol. The van der Waals surface area contributed by atoms with Gasteiger partial charge in [0, 0.05) is 6.54 Å². The zero-order chi connectivity index (χ0) is 14.5. The number of hydrogen-bond donors (Lipinski definition) is 1. The molecule has 4 heteroatoms. The van der Waals surface area contributed by atoms with E-state index in [1.807, 2.05) is 25.1 Å². The highest BCUT2D eigenvalue weighted by Gasteiger charge is 2.07. The molecular weight excluding hydrogens is 257 g/mol. The first kappa shape index (κ1) is 14.3. The van der Waals surface area contributed by atoms with E-state index in [0.29, 0.717) is 18.1 Å². The quantitative estimate of drug-likeness (QED) is 0.911. The molecule has 2 aromatic carbocycles. The molecule has 106 valence electrons. The Labute approximate surface area is 118 Å². The Hall–Kier alpha value is -2.07. The first-order chi connectivity index (χ1) is 9.63. The highest BCUT2D eigenvalue weighted by molar-refractivity contribution is 5.42. The third-order valence-electron chi connectivity index (χ3n) is 3.09. The van der Waals surface area contributed by atoms with Gasteiger partial charge in [-0.2, -0.15) is 0 Å². The predicted molar refractivity (Wildman–Crippen MR) is 76.4 cm³/mol. The molecule has 0 radical (unpaired) electrons. The lowest BCUT2D eigenvalue weighted by Gasteiger charge is -2.13. The molecule has 0 amide bonds. The van der Waals surface area contributed by atoms with Crippen molar-refractivity contribution in [3.63, 3.8) is 0 Å².